The molecule has 1 aliphatic rings. The average molecular weight is 266 g/mol. The van der Waals surface area contributed by atoms with E-state index in [0.717, 1.165) is 11.5 Å². The van der Waals surface area contributed by atoms with Crippen LogP contribution in [0.15, 0.2) is 24.3 Å². The van der Waals surface area contributed by atoms with Crippen molar-refractivity contribution in [1.29, 1.82) is 0 Å². The number of hydrogen-bond donors (Lipinski definition) is 1. The molecule has 1 aromatic rings. The number of hydrogen-bond acceptors (Lipinski definition) is 2. The first kappa shape index (κ1) is 13.4. The second-order valence-corrected chi connectivity index (χ2v) is 6.65. The molecule has 1 aromatic carbocycles. The standard InChI is InChI=1S/C15H22S2/c1-13-5-4-6-14(9-13)10-17-12-15(11-16)7-2-3-8-15/h4-6,9,16H,2-3,7-8,10-12H2,1H3. The Labute approximate surface area is 115 Å². The van der Waals surface area contributed by atoms with Gasteiger partial charge in [0.25, 0.3) is 0 Å². The maximum Gasteiger partial charge on any atom is 0.0184 e. The minimum Gasteiger partial charge on any atom is -0.179 e. The predicted molar refractivity (Wildman–Crippen MR) is 82.1 cm³/mol. The lowest BCUT2D eigenvalue weighted by atomic mass is 9.91. The first-order chi connectivity index (χ1) is 8.24. The average Bonchev–Trinajstić information content (AvgIpc) is 2.79. The van der Waals surface area contributed by atoms with Crippen LogP contribution in [0, 0.1) is 12.3 Å². The van der Waals surface area contributed by atoms with E-state index in [1.54, 1.807) is 0 Å². The molecule has 0 amide bonds. The van der Waals surface area contributed by atoms with Crippen molar-refractivity contribution in [2.24, 2.45) is 5.41 Å². The minimum absolute atomic E-state index is 0.539. The Balaban J connectivity index is 1.82. The molecule has 0 radical (unpaired) electrons. The predicted octanol–water partition coefficient (Wildman–Crippen LogP) is 4.72. The highest BCUT2D eigenvalue weighted by Gasteiger charge is 2.31. The van der Waals surface area contributed by atoms with E-state index in [2.05, 4.69) is 55.6 Å². The normalized spacial score (nSPS) is 18.5. The maximum atomic E-state index is 4.56. The van der Waals surface area contributed by atoms with E-state index in [1.807, 2.05) is 0 Å². The van der Waals surface area contributed by atoms with Gasteiger partial charge in [0.15, 0.2) is 0 Å². The maximum absolute atomic E-state index is 4.56. The van der Waals surface area contributed by atoms with Gasteiger partial charge >= 0.3 is 0 Å². The number of rotatable bonds is 5. The van der Waals surface area contributed by atoms with Crippen molar-refractivity contribution in [3.05, 3.63) is 35.4 Å². The van der Waals surface area contributed by atoms with Crippen molar-refractivity contribution in [2.45, 2.75) is 38.4 Å². The lowest BCUT2D eigenvalue weighted by molar-refractivity contribution is 0.403. The molecule has 0 spiro atoms. The second kappa shape index (κ2) is 6.19. The Kier molecular flexibility index (Phi) is 4.87. The van der Waals surface area contributed by atoms with Gasteiger partial charge in [0, 0.05) is 11.5 Å². The van der Waals surface area contributed by atoms with E-state index >= 15 is 0 Å². The van der Waals surface area contributed by atoms with Crippen molar-refractivity contribution in [3.63, 3.8) is 0 Å². The van der Waals surface area contributed by atoms with Gasteiger partial charge in [0.05, 0.1) is 0 Å². The SMILES string of the molecule is Cc1cccc(CSCC2(CS)CCCC2)c1. The lowest BCUT2D eigenvalue weighted by Gasteiger charge is -2.26. The summed E-state index contributed by atoms with van der Waals surface area (Å²) in [7, 11) is 0. The summed E-state index contributed by atoms with van der Waals surface area (Å²) in [5, 5.41) is 0. The highest BCUT2D eigenvalue weighted by molar-refractivity contribution is 7.98. The van der Waals surface area contributed by atoms with Gasteiger partial charge in [-0.2, -0.15) is 24.4 Å². The van der Waals surface area contributed by atoms with Crippen LogP contribution in [0.3, 0.4) is 0 Å². The first-order valence-corrected chi connectivity index (χ1v) is 8.27. The molecule has 0 aromatic heterocycles. The second-order valence-electron chi connectivity index (χ2n) is 5.35. The zero-order valence-electron chi connectivity index (χ0n) is 10.6. The third-order valence-electron chi connectivity index (χ3n) is 3.76. The molecule has 0 aliphatic heterocycles. The molecular weight excluding hydrogens is 244 g/mol. The summed E-state index contributed by atoms with van der Waals surface area (Å²) in [5.41, 5.74) is 3.37. The van der Waals surface area contributed by atoms with Gasteiger partial charge in [-0.1, -0.05) is 42.7 Å². The smallest absolute Gasteiger partial charge is 0.0184 e. The fourth-order valence-electron chi connectivity index (χ4n) is 2.66. The van der Waals surface area contributed by atoms with Crippen LogP contribution in [0.5, 0.6) is 0 Å². The summed E-state index contributed by atoms with van der Waals surface area (Å²) >= 11 is 6.65. The molecule has 17 heavy (non-hydrogen) atoms. The van der Waals surface area contributed by atoms with Crippen LogP contribution in [-0.4, -0.2) is 11.5 Å². The van der Waals surface area contributed by atoms with Crippen LogP contribution < -0.4 is 0 Å². The lowest BCUT2D eigenvalue weighted by Crippen LogP contribution is -2.21. The molecule has 1 aliphatic carbocycles. The summed E-state index contributed by atoms with van der Waals surface area (Å²) in [6.45, 7) is 2.17. The molecule has 0 heterocycles. The van der Waals surface area contributed by atoms with Gasteiger partial charge in [0.1, 0.15) is 0 Å². The number of benzene rings is 1. The van der Waals surface area contributed by atoms with E-state index in [4.69, 9.17) is 0 Å². The molecule has 0 nitrogen and oxygen atoms in total. The Bertz CT molecular complexity index is 354. The molecular formula is C15H22S2. The van der Waals surface area contributed by atoms with Crippen molar-refractivity contribution in [3.8, 4) is 0 Å². The van der Waals surface area contributed by atoms with E-state index in [1.165, 1.54) is 42.6 Å². The molecule has 0 N–H and O–H groups in total. The van der Waals surface area contributed by atoms with E-state index in [0.29, 0.717) is 5.41 Å². The van der Waals surface area contributed by atoms with Gasteiger partial charge in [0.2, 0.25) is 0 Å². The third-order valence-corrected chi connectivity index (χ3v) is 5.78. The molecule has 2 heteroatoms. The third kappa shape index (κ3) is 3.69. The van der Waals surface area contributed by atoms with Crippen molar-refractivity contribution in [1.82, 2.24) is 0 Å². The van der Waals surface area contributed by atoms with Crippen LogP contribution >= 0.6 is 24.4 Å². The Morgan fingerprint density at radius 1 is 1.29 bits per heavy atom. The summed E-state index contributed by atoms with van der Waals surface area (Å²) in [6, 6.07) is 8.87. The molecule has 0 saturated heterocycles. The summed E-state index contributed by atoms with van der Waals surface area (Å²) < 4.78 is 0. The Hall–Kier alpha value is -0.0800. The number of aryl methyl sites for hydroxylation is 1. The highest BCUT2D eigenvalue weighted by atomic mass is 32.2. The van der Waals surface area contributed by atoms with Gasteiger partial charge in [-0.25, -0.2) is 0 Å². The fraction of sp³-hybridized carbons (Fsp3) is 0.600. The topological polar surface area (TPSA) is 0 Å². The van der Waals surface area contributed by atoms with Gasteiger partial charge in [-0.05, 0) is 36.5 Å². The molecule has 1 fully saturated rings. The number of thioether (sulfide) groups is 1. The Morgan fingerprint density at radius 2 is 2.06 bits per heavy atom. The zero-order valence-corrected chi connectivity index (χ0v) is 12.3. The van der Waals surface area contributed by atoms with Crippen molar-refractivity contribution in [2.75, 3.05) is 11.5 Å². The quantitative estimate of drug-likeness (QED) is 0.753. The van der Waals surface area contributed by atoms with Crippen LogP contribution in [0.25, 0.3) is 0 Å². The summed E-state index contributed by atoms with van der Waals surface area (Å²) in [5.74, 6) is 3.50. The minimum atomic E-state index is 0.539. The fourth-order valence-corrected chi connectivity index (χ4v) is 4.58. The summed E-state index contributed by atoms with van der Waals surface area (Å²) in [4.78, 5) is 0. The molecule has 1 saturated carbocycles. The summed E-state index contributed by atoms with van der Waals surface area (Å²) in [6.07, 6.45) is 5.59. The highest BCUT2D eigenvalue weighted by Crippen LogP contribution is 2.42. The van der Waals surface area contributed by atoms with E-state index in [9.17, 15) is 0 Å². The van der Waals surface area contributed by atoms with Crippen molar-refractivity contribution < 1.29 is 0 Å². The van der Waals surface area contributed by atoms with Crippen LogP contribution in [-0.2, 0) is 5.75 Å². The molecule has 0 bridgehead atoms. The largest absolute Gasteiger partial charge is 0.179 e. The molecule has 0 unspecified atom stereocenters. The van der Waals surface area contributed by atoms with E-state index < -0.39 is 0 Å². The molecule has 0 atom stereocenters. The van der Waals surface area contributed by atoms with Gasteiger partial charge < -0.3 is 0 Å². The van der Waals surface area contributed by atoms with Crippen LogP contribution in [0.4, 0.5) is 0 Å². The molecule has 2 rings (SSSR count). The first-order valence-electron chi connectivity index (χ1n) is 6.48. The van der Waals surface area contributed by atoms with Crippen LogP contribution in [0.2, 0.25) is 0 Å². The van der Waals surface area contributed by atoms with Gasteiger partial charge in [-0.3, -0.25) is 0 Å². The van der Waals surface area contributed by atoms with E-state index in [-0.39, 0.29) is 0 Å². The molecule has 94 valence electrons. The number of thiol groups is 1. The van der Waals surface area contributed by atoms with Crippen LogP contribution in [0.1, 0.15) is 36.8 Å². The monoisotopic (exact) mass is 266 g/mol. The van der Waals surface area contributed by atoms with Gasteiger partial charge in [-0.15, -0.1) is 0 Å². The van der Waals surface area contributed by atoms with Crippen molar-refractivity contribution >= 4 is 24.4 Å². The zero-order chi connectivity index (χ0) is 12.1. The Morgan fingerprint density at radius 3 is 2.71 bits per heavy atom.